The molecule has 0 fully saturated rings. The highest BCUT2D eigenvalue weighted by Crippen LogP contribution is 2.31. The molecule has 2 aromatic carbocycles. The summed E-state index contributed by atoms with van der Waals surface area (Å²) in [6, 6.07) is 12.5. The molecule has 0 unspecified atom stereocenters. The molecule has 0 saturated heterocycles. The van der Waals surface area contributed by atoms with Crippen LogP contribution in [0.25, 0.3) is 11.0 Å². The molecule has 26 heavy (non-hydrogen) atoms. The van der Waals surface area contributed by atoms with Crippen LogP contribution in [0.1, 0.15) is 54.9 Å². The first-order valence-corrected chi connectivity index (χ1v) is 9.56. The lowest BCUT2D eigenvalue weighted by Gasteiger charge is -2.15. The van der Waals surface area contributed by atoms with Crippen molar-refractivity contribution in [2.24, 2.45) is 0 Å². The van der Waals surface area contributed by atoms with E-state index in [0.29, 0.717) is 12.3 Å². The summed E-state index contributed by atoms with van der Waals surface area (Å²) in [6.07, 6.45) is 6.59. The van der Waals surface area contributed by atoms with Crippen molar-refractivity contribution >= 4 is 22.6 Å². The molecule has 1 N–H and O–H groups in total. The standard InChI is InChI=1S/C23H25NO2/c1-3-15(2)19-9-4-5-10-21(19)24-23(25)13-18-14-26-22-12-17-8-6-7-16(17)11-20(18)22/h4-5,9-12,14-15H,3,6-8,13H2,1-2H3,(H,24,25)/t15-/m0/s1. The van der Waals surface area contributed by atoms with E-state index in [1.807, 2.05) is 18.2 Å². The van der Waals surface area contributed by atoms with Crippen molar-refractivity contribution in [2.75, 3.05) is 5.32 Å². The second-order valence-corrected chi connectivity index (χ2v) is 7.35. The largest absolute Gasteiger partial charge is 0.464 e. The zero-order chi connectivity index (χ0) is 18.1. The van der Waals surface area contributed by atoms with E-state index < -0.39 is 0 Å². The summed E-state index contributed by atoms with van der Waals surface area (Å²) in [6.45, 7) is 4.36. The number of aryl methyl sites for hydroxylation is 2. The third kappa shape index (κ3) is 3.14. The number of hydrogen-bond donors (Lipinski definition) is 1. The molecule has 1 aliphatic carbocycles. The van der Waals surface area contributed by atoms with E-state index in [-0.39, 0.29) is 5.91 Å². The molecule has 1 atom stereocenters. The predicted octanol–water partition coefficient (Wildman–Crippen LogP) is 5.62. The van der Waals surface area contributed by atoms with Crippen LogP contribution in [0, 0.1) is 0 Å². The number of furan rings is 1. The average Bonchev–Trinajstić information content (AvgIpc) is 3.26. The maximum absolute atomic E-state index is 12.7. The first-order chi connectivity index (χ1) is 12.7. The molecule has 1 amide bonds. The smallest absolute Gasteiger partial charge is 0.228 e. The molecule has 134 valence electrons. The zero-order valence-corrected chi connectivity index (χ0v) is 15.5. The van der Waals surface area contributed by atoms with Gasteiger partial charge in [-0.05, 0) is 66.5 Å². The molecule has 0 radical (unpaired) electrons. The fourth-order valence-electron chi connectivity index (χ4n) is 3.91. The van der Waals surface area contributed by atoms with Gasteiger partial charge in [0.05, 0.1) is 12.7 Å². The van der Waals surface area contributed by atoms with Crippen molar-refractivity contribution in [1.82, 2.24) is 0 Å². The first-order valence-electron chi connectivity index (χ1n) is 9.56. The Morgan fingerprint density at radius 1 is 1.19 bits per heavy atom. The van der Waals surface area contributed by atoms with Crippen LogP contribution in [0.5, 0.6) is 0 Å². The van der Waals surface area contributed by atoms with Crippen LogP contribution < -0.4 is 5.32 Å². The number of para-hydroxylation sites is 1. The SMILES string of the molecule is CC[C@H](C)c1ccccc1NC(=O)Cc1coc2cc3c(cc12)CCC3. The second-order valence-electron chi connectivity index (χ2n) is 7.35. The highest BCUT2D eigenvalue weighted by Gasteiger charge is 2.17. The molecule has 0 bridgehead atoms. The molecule has 1 aromatic heterocycles. The van der Waals surface area contributed by atoms with E-state index in [1.165, 1.54) is 23.1 Å². The molecule has 0 spiro atoms. The molecule has 0 aliphatic heterocycles. The predicted molar refractivity (Wildman–Crippen MR) is 106 cm³/mol. The Hall–Kier alpha value is -2.55. The lowest BCUT2D eigenvalue weighted by Crippen LogP contribution is -2.16. The van der Waals surface area contributed by atoms with Crippen molar-refractivity contribution in [3.63, 3.8) is 0 Å². The normalized spacial score (nSPS) is 14.4. The van der Waals surface area contributed by atoms with Crippen molar-refractivity contribution in [2.45, 2.75) is 51.9 Å². The zero-order valence-electron chi connectivity index (χ0n) is 15.5. The maximum atomic E-state index is 12.7. The topological polar surface area (TPSA) is 42.2 Å². The van der Waals surface area contributed by atoms with E-state index in [1.54, 1.807) is 6.26 Å². The van der Waals surface area contributed by atoms with E-state index in [0.717, 1.165) is 41.5 Å². The Morgan fingerprint density at radius 3 is 2.77 bits per heavy atom. The van der Waals surface area contributed by atoms with Gasteiger partial charge in [0.1, 0.15) is 5.58 Å². The third-order valence-corrected chi connectivity index (χ3v) is 5.60. The van der Waals surface area contributed by atoms with Crippen LogP contribution >= 0.6 is 0 Å². The molecule has 3 heteroatoms. The number of anilines is 1. The van der Waals surface area contributed by atoms with Gasteiger partial charge >= 0.3 is 0 Å². The molecule has 1 aliphatic rings. The third-order valence-electron chi connectivity index (χ3n) is 5.60. The average molecular weight is 347 g/mol. The molecular weight excluding hydrogens is 322 g/mol. The molecule has 4 rings (SSSR count). The van der Waals surface area contributed by atoms with Crippen molar-refractivity contribution < 1.29 is 9.21 Å². The van der Waals surface area contributed by atoms with Crippen LogP contribution in [0.2, 0.25) is 0 Å². The molecule has 0 saturated carbocycles. The maximum Gasteiger partial charge on any atom is 0.228 e. The molecular formula is C23H25NO2. The number of nitrogens with one attached hydrogen (secondary N) is 1. The fraction of sp³-hybridized carbons (Fsp3) is 0.348. The Labute approximate surface area is 154 Å². The number of carbonyl (C=O) groups excluding carboxylic acids is 1. The van der Waals surface area contributed by atoms with E-state index in [9.17, 15) is 4.79 Å². The minimum atomic E-state index is 0.00366. The number of rotatable bonds is 5. The summed E-state index contributed by atoms with van der Waals surface area (Å²) in [5.74, 6) is 0.424. The van der Waals surface area contributed by atoms with Gasteiger partial charge in [-0.2, -0.15) is 0 Å². The van der Waals surface area contributed by atoms with Crippen LogP contribution in [0.3, 0.4) is 0 Å². The summed E-state index contributed by atoms with van der Waals surface area (Å²) >= 11 is 0. The Balaban J connectivity index is 1.55. The first kappa shape index (κ1) is 16.9. The Bertz CT molecular complexity index is 954. The Morgan fingerprint density at radius 2 is 1.96 bits per heavy atom. The monoisotopic (exact) mass is 347 g/mol. The van der Waals surface area contributed by atoms with Gasteiger partial charge in [-0.15, -0.1) is 0 Å². The molecule has 1 heterocycles. The lowest BCUT2D eigenvalue weighted by molar-refractivity contribution is -0.115. The van der Waals surface area contributed by atoms with Gasteiger partial charge in [0, 0.05) is 16.6 Å². The second kappa shape index (κ2) is 6.99. The summed E-state index contributed by atoms with van der Waals surface area (Å²) < 4.78 is 5.72. The minimum absolute atomic E-state index is 0.00366. The Kier molecular flexibility index (Phi) is 4.54. The van der Waals surface area contributed by atoms with Crippen molar-refractivity contribution in [3.05, 3.63) is 64.9 Å². The van der Waals surface area contributed by atoms with Gasteiger partial charge < -0.3 is 9.73 Å². The highest BCUT2D eigenvalue weighted by atomic mass is 16.3. The van der Waals surface area contributed by atoms with Gasteiger partial charge in [-0.1, -0.05) is 32.0 Å². The van der Waals surface area contributed by atoms with Gasteiger partial charge in [0.15, 0.2) is 0 Å². The minimum Gasteiger partial charge on any atom is -0.464 e. The van der Waals surface area contributed by atoms with Gasteiger partial charge in [-0.25, -0.2) is 0 Å². The van der Waals surface area contributed by atoms with Gasteiger partial charge in [0.25, 0.3) is 0 Å². The van der Waals surface area contributed by atoms with Gasteiger partial charge in [-0.3, -0.25) is 4.79 Å². The van der Waals surface area contributed by atoms with Crippen LogP contribution in [0.15, 0.2) is 47.1 Å². The lowest BCUT2D eigenvalue weighted by atomic mass is 9.96. The fourth-order valence-corrected chi connectivity index (χ4v) is 3.91. The van der Waals surface area contributed by atoms with Gasteiger partial charge in [0.2, 0.25) is 5.91 Å². The van der Waals surface area contributed by atoms with E-state index in [4.69, 9.17) is 4.42 Å². The van der Waals surface area contributed by atoms with Crippen molar-refractivity contribution in [1.29, 1.82) is 0 Å². The number of carbonyl (C=O) groups is 1. The number of hydrogen-bond acceptors (Lipinski definition) is 2. The molecule has 3 aromatic rings. The quantitative estimate of drug-likeness (QED) is 0.651. The molecule has 3 nitrogen and oxygen atoms in total. The van der Waals surface area contributed by atoms with Crippen LogP contribution in [0.4, 0.5) is 5.69 Å². The number of amides is 1. The summed E-state index contributed by atoms with van der Waals surface area (Å²) in [7, 11) is 0. The van der Waals surface area contributed by atoms with Crippen LogP contribution in [-0.2, 0) is 24.1 Å². The highest BCUT2D eigenvalue weighted by molar-refractivity contribution is 5.96. The summed E-state index contributed by atoms with van der Waals surface area (Å²) in [5.41, 5.74) is 6.77. The summed E-state index contributed by atoms with van der Waals surface area (Å²) in [5, 5.41) is 4.18. The van der Waals surface area contributed by atoms with E-state index >= 15 is 0 Å². The number of benzene rings is 2. The van der Waals surface area contributed by atoms with E-state index in [2.05, 4.69) is 37.4 Å². The summed E-state index contributed by atoms with van der Waals surface area (Å²) in [4.78, 5) is 12.7. The van der Waals surface area contributed by atoms with Crippen molar-refractivity contribution in [3.8, 4) is 0 Å². The van der Waals surface area contributed by atoms with Crippen LogP contribution in [-0.4, -0.2) is 5.91 Å². The number of fused-ring (bicyclic) bond motifs is 2.